The summed E-state index contributed by atoms with van der Waals surface area (Å²) in [6, 6.07) is 10.2. The van der Waals surface area contributed by atoms with E-state index in [1.54, 1.807) is 30.3 Å². The Morgan fingerprint density at radius 1 is 1.12 bits per heavy atom. The second-order valence-corrected chi connectivity index (χ2v) is 5.91. The summed E-state index contributed by atoms with van der Waals surface area (Å²) in [5.41, 5.74) is 1.46. The van der Waals surface area contributed by atoms with Crippen molar-refractivity contribution in [1.82, 2.24) is 0 Å². The van der Waals surface area contributed by atoms with Gasteiger partial charge in [0.1, 0.15) is 5.75 Å². The molecule has 3 rings (SSSR count). The third-order valence-corrected chi connectivity index (χ3v) is 3.77. The molecule has 1 amide bonds. The highest BCUT2D eigenvalue weighted by Crippen LogP contribution is 2.34. The number of carbonyl (C=O) groups is 2. The Balaban J connectivity index is 1.44. The lowest BCUT2D eigenvalue weighted by Gasteiger charge is -2.09. The zero-order valence-corrected chi connectivity index (χ0v) is 14.7. The van der Waals surface area contributed by atoms with Crippen molar-refractivity contribution in [3.63, 3.8) is 0 Å². The van der Waals surface area contributed by atoms with Crippen molar-refractivity contribution in [2.45, 2.75) is 6.92 Å². The van der Waals surface area contributed by atoms with Crippen molar-refractivity contribution in [2.75, 3.05) is 25.3 Å². The molecule has 0 saturated heterocycles. The molecule has 26 heavy (non-hydrogen) atoms. The smallest absolute Gasteiger partial charge is 0.344 e. The topological polar surface area (TPSA) is 83.1 Å². The van der Waals surface area contributed by atoms with Crippen LogP contribution in [0, 0.1) is 6.92 Å². The van der Waals surface area contributed by atoms with Crippen LogP contribution in [-0.2, 0) is 14.3 Å². The highest BCUT2D eigenvalue weighted by Gasteiger charge is 2.15. The van der Waals surface area contributed by atoms with Crippen LogP contribution < -0.4 is 19.5 Å². The summed E-state index contributed by atoms with van der Waals surface area (Å²) in [7, 11) is 0. The predicted octanol–water partition coefficient (Wildman–Crippen LogP) is 2.94. The lowest BCUT2D eigenvalue weighted by Crippen LogP contribution is -2.23. The van der Waals surface area contributed by atoms with E-state index in [2.05, 4.69) is 5.32 Å². The molecule has 8 heteroatoms. The van der Waals surface area contributed by atoms with Gasteiger partial charge in [-0.05, 0) is 36.8 Å². The minimum atomic E-state index is -0.677. The number of ether oxygens (including phenoxy) is 4. The van der Waals surface area contributed by atoms with Gasteiger partial charge in [0.05, 0.1) is 5.02 Å². The summed E-state index contributed by atoms with van der Waals surface area (Å²) < 4.78 is 20.6. The number of carbonyl (C=O) groups excluding carboxylic acids is 2. The number of esters is 1. The molecule has 0 aliphatic carbocycles. The largest absolute Gasteiger partial charge is 0.480 e. The van der Waals surface area contributed by atoms with Gasteiger partial charge >= 0.3 is 5.97 Å². The van der Waals surface area contributed by atoms with Crippen LogP contribution in [0.3, 0.4) is 0 Å². The first kappa shape index (κ1) is 17.9. The van der Waals surface area contributed by atoms with Gasteiger partial charge in [-0.3, -0.25) is 4.79 Å². The van der Waals surface area contributed by atoms with Gasteiger partial charge in [0.15, 0.2) is 24.7 Å². The predicted molar refractivity (Wildman–Crippen MR) is 93.8 cm³/mol. The second kappa shape index (κ2) is 7.97. The van der Waals surface area contributed by atoms with E-state index < -0.39 is 18.5 Å². The summed E-state index contributed by atoms with van der Waals surface area (Å²) >= 11 is 5.98. The average Bonchev–Trinajstić information content (AvgIpc) is 3.08. The molecule has 1 aliphatic rings. The van der Waals surface area contributed by atoms with Crippen LogP contribution in [0.2, 0.25) is 5.02 Å². The Morgan fingerprint density at radius 3 is 2.77 bits per heavy atom. The van der Waals surface area contributed by atoms with Crippen molar-refractivity contribution in [1.29, 1.82) is 0 Å². The maximum atomic E-state index is 11.9. The van der Waals surface area contributed by atoms with Gasteiger partial charge in [0.2, 0.25) is 6.79 Å². The molecule has 2 aromatic carbocycles. The normalized spacial score (nSPS) is 11.8. The lowest BCUT2D eigenvalue weighted by atomic mass is 10.2. The van der Waals surface area contributed by atoms with E-state index in [0.717, 1.165) is 5.56 Å². The molecule has 0 bridgehead atoms. The van der Waals surface area contributed by atoms with Crippen molar-refractivity contribution in [3.05, 3.63) is 47.0 Å². The van der Waals surface area contributed by atoms with Gasteiger partial charge in [0.25, 0.3) is 5.91 Å². The SMILES string of the molecule is Cc1ccc(Cl)c(OCC(=O)OCC(=O)Nc2ccc3c(c2)OCO3)c1. The number of anilines is 1. The van der Waals surface area contributed by atoms with Gasteiger partial charge in [-0.25, -0.2) is 4.79 Å². The highest BCUT2D eigenvalue weighted by molar-refractivity contribution is 6.32. The summed E-state index contributed by atoms with van der Waals surface area (Å²) in [5.74, 6) is 0.382. The number of hydrogen-bond donors (Lipinski definition) is 1. The second-order valence-electron chi connectivity index (χ2n) is 5.50. The third-order valence-electron chi connectivity index (χ3n) is 3.45. The average molecular weight is 378 g/mol. The van der Waals surface area contributed by atoms with E-state index in [-0.39, 0.29) is 13.4 Å². The van der Waals surface area contributed by atoms with Crippen LogP contribution in [0.1, 0.15) is 5.56 Å². The molecule has 0 saturated carbocycles. The number of rotatable bonds is 6. The Labute approximate surface area is 154 Å². The van der Waals surface area contributed by atoms with Crippen LogP contribution in [0.4, 0.5) is 5.69 Å². The summed E-state index contributed by atoms with van der Waals surface area (Å²) in [6.07, 6.45) is 0. The van der Waals surface area contributed by atoms with E-state index in [1.807, 2.05) is 13.0 Å². The van der Waals surface area contributed by atoms with E-state index in [9.17, 15) is 9.59 Å². The van der Waals surface area contributed by atoms with Crippen molar-refractivity contribution < 1.29 is 28.5 Å². The van der Waals surface area contributed by atoms with E-state index in [1.165, 1.54) is 0 Å². The highest BCUT2D eigenvalue weighted by atomic mass is 35.5. The quantitative estimate of drug-likeness (QED) is 0.779. The fourth-order valence-electron chi connectivity index (χ4n) is 2.22. The molecular formula is C18H16ClNO6. The Bertz CT molecular complexity index is 838. The number of aryl methyl sites for hydroxylation is 1. The Kier molecular flexibility index (Phi) is 5.48. The summed E-state index contributed by atoms with van der Waals surface area (Å²) in [4.78, 5) is 23.6. The molecule has 0 unspecified atom stereocenters. The number of nitrogens with one attached hydrogen (secondary N) is 1. The molecule has 1 N–H and O–H groups in total. The summed E-state index contributed by atoms with van der Waals surface area (Å²) in [6.45, 7) is 1.25. The number of hydrogen-bond acceptors (Lipinski definition) is 6. The molecule has 7 nitrogen and oxygen atoms in total. The molecule has 1 aliphatic heterocycles. The fourth-order valence-corrected chi connectivity index (χ4v) is 2.39. The number of benzene rings is 2. The van der Waals surface area contributed by atoms with E-state index in [4.69, 9.17) is 30.5 Å². The van der Waals surface area contributed by atoms with E-state index in [0.29, 0.717) is 28.0 Å². The Hall–Kier alpha value is -2.93. The first-order valence-electron chi connectivity index (χ1n) is 7.75. The van der Waals surface area contributed by atoms with Crippen LogP contribution >= 0.6 is 11.6 Å². The van der Waals surface area contributed by atoms with Gasteiger partial charge < -0.3 is 24.3 Å². The van der Waals surface area contributed by atoms with Gasteiger partial charge in [-0.15, -0.1) is 0 Å². The molecule has 0 fully saturated rings. The maximum Gasteiger partial charge on any atom is 0.344 e. The first-order chi connectivity index (χ1) is 12.5. The zero-order valence-electron chi connectivity index (χ0n) is 13.9. The third kappa shape index (κ3) is 4.58. The number of fused-ring (bicyclic) bond motifs is 1. The van der Waals surface area contributed by atoms with E-state index >= 15 is 0 Å². The minimum absolute atomic E-state index is 0.148. The fraction of sp³-hybridized carbons (Fsp3) is 0.222. The minimum Gasteiger partial charge on any atom is -0.480 e. The number of amides is 1. The molecule has 0 atom stereocenters. The molecule has 0 radical (unpaired) electrons. The standard InChI is InChI=1S/C18H16ClNO6/c1-11-2-4-13(19)15(6-11)23-9-18(22)24-8-17(21)20-12-3-5-14-16(7-12)26-10-25-14/h2-7H,8-10H2,1H3,(H,20,21). The zero-order chi connectivity index (χ0) is 18.5. The first-order valence-corrected chi connectivity index (χ1v) is 8.13. The molecule has 2 aromatic rings. The van der Waals surface area contributed by atoms with Crippen LogP contribution in [0.5, 0.6) is 17.2 Å². The van der Waals surface area contributed by atoms with Gasteiger partial charge in [-0.1, -0.05) is 17.7 Å². The molecule has 0 aromatic heterocycles. The van der Waals surface area contributed by atoms with Crippen molar-refractivity contribution in [3.8, 4) is 17.2 Å². The maximum absolute atomic E-state index is 11.9. The lowest BCUT2D eigenvalue weighted by molar-refractivity contribution is -0.149. The molecule has 1 heterocycles. The van der Waals surface area contributed by atoms with Crippen LogP contribution in [0.25, 0.3) is 0 Å². The van der Waals surface area contributed by atoms with Crippen LogP contribution in [0.15, 0.2) is 36.4 Å². The Morgan fingerprint density at radius 2 is 1.92 bits per heavy atom. The molecular weight excluding hydrogens is 362 g/mol. The molecule has 136 valence electrons. The number of halogens is 1. The summed E-state index contributed by atoms with van der Waals surface area (Å²) in [5, 5.41) is 3.00. The van der Waals surface area contributed by atoms with Crippen molar-refractivity contribution >= 4 is 29.2 Å². The van der Waals surface area contributed by atoms with Crippen LogP contribution in [-0.4, -0.2) is 31.9 Å². The van der Waals surface area contributed by atoms with Gasteiger partial charge in [-0.2, -0.15) is 0 Å². The van der Waals surface area contributed by atoms with Gasteiger partial charge in [0, 0.05) is 11.8 Å². The molecule has 0 spiro atoms. The monoisotopic (exact) mass is 377 g/mol. The van der Waals surface area contributed by atoms with Crippen molar-refractivity contribution in [2.24, 2.45) is 0 Å².